The van der Waals surface area contributed by atoms with Crippen molar-refractivity contribution in [3.63, 3.8) is 0 Å². The van der Waals surface area contributed by atoms with Gasteiger partial charge in [-0.05, 0) is 26.0 Å². The molecule has 0 saturated heterocycles. The SMILES string of the molecule is CC(C)OCCOc1c(F)cc(S(=O)(=O)Cl)cc1F. The van der Waals surface area contributed by atoms with Crippen LogP contribution in [-0.2, 0) is 13.8 Å². The van der Waals surface area contributed by atoms with Crippen LogP contribution in [0.5, 0.6) is 5.75 Å². The van der Waals surface area contributed by atoms with Crippen molar-refractivity contribution in [1.29, 1.82) is 0 Å². The molecule has 0 aromatic heterocycles. The van der Waals surface area contributed by atoms with Crippen molar-refractivity contribution in [1.82, 2.24) is 0 Å². The highest BCUT2D eigenvalue weighted by atomic mass is 35.7. The molecular weight excluding hydrogens is 302 g/mol. The van der Waals surface area contributed by atoms with Gasteiger partial charge >= 0.3 is 0 Å². The summed E-state index contributed by atoms with van der Waals surface area (Å²) in [4.78, 5) is -0.657. The van der Waals surface area contributed by atoms with Gasteiger partial charge in [0.15, 0.2) is 17.4 Å². The Hall–Kier alpha value is -0.920. The first kappa shape index (κ1) is 16.1. The second-order valence-corrected chi connectivity index (χ2v) is 6.49. The fraction of sp³-hybridized carbons (Fsp3) is 0.455. The fourth-order valence-electron chi connectivity index (χ4n) is 1.24. The van der Waals surface area contributed by atoms with E-state index in [1.54, 1.807) is 13.8 Å². The second kappa shape index (κ2) is 6.49. The molecule has 0 unspecified atom stereocenters. The van der Waals surface area contributed by atoms with Crippen molar-refractivity contribution >= 4 is 19.7 Å². The van der Waals surface area contributed by atoms with Gasteiger partial charge in [0.05, 0.1) is 17.6 Å². The molecule has 1 aromatic rings. The Balaban J connectivity index is 2.81. The quantitative estimate of drug-likeness (QED) is 0.598. The van der Waals surface area contributed by atoms with Crippen LogP contribution >= 0.6 is 10.7 Å². The van der Waals surface area contributed by atoms with Crippen LogP contribution in [0.4, 0.5) is 8.78 Å². The van der Waals surface area contributed by atoms with Gasteiger partial charge in [0.25, 0.3) is 9.05 Å². The summed E-state index contributed by atoms with van der Waals surface area (Å²) in [6.07, 6.45) is -0.0259. The first-order valence-corrected chi connectivity index (χ1v) is 7.71. The Bertz CT molecular complexity index is 523. The number of benzene rings is 1. The van der Waals surface area contributed by atoms with E-state index in [2.05, 4.69) is 0 Å². The number of hydrogen-bond acceptors (Lipinski definition) is 4. The van der Waals surface area contributed by atoms with Crippen LogP contribution in [0.2, 0.25) is 0 Å². The molecule has 0 atom stereocenters. The van der Waals surface area contributed by atoms with E-state index in [1.165, 1.54) is 0 Å². The summed E-state index contributed by atoms with van der Waals surface area (Å²) in [6.45, 7) is 3.72. The third-order valence-electron chi connectivity index (χ3n) is 2.03. The fourth-order valence-corrected chi connectivity index (χ4v) is 2.00. The van der Waals surface area contributed by atoms with Gasteiger partial charge in [-0.1, -0.05) is 0 Å². The lowest BCUT2D eigenvalue weighted by molar-refractivity contribution is 0.0534. The van der Waals surface area contributed by atoms with Crippen LogP contribution < -0.4 is 4.74 Å². The van der Waals surface area contributed by atoms with Crippen molar-refractivity contribution in [3.8, 4) is 5.75 Å². The van der Waals surface area contributed by atoms with Crippen LogP contribution in [0, 0.1) is 11.6 Å². The molecule has 0 radical (unpaired) electrons. The van der Waals surface area contributed by atoms with E-state index in [1.807, 2.05) is 0 Å². The lowest BCUT2D eigenvalue weighted by Crippen LogP contribution is -2.12. The lowest BCUT2D eigenvalue weighted by Gasteiger charge is -2.11. The van der Waals surface area contributed by atoms with E-state index in [0.29, 0.717) is 12.1 Å². The molecule has 0 N–H and O–H groups in total. The number of hydrogen-bond donors (Lipinski definition) is 0. The van der Waals surface area contributed by atoms with Crippen LogP contribution in [0.15, 0.2) is 17.0 Å². The summed E-state index contributed by atoms with van der Waals surface area (Å²) in [5.74, 6) is -2.93. The number of rotatable bonds is 6. The van der Waals surface area contributed by atoms with Crippen LogP contribution in [0.25, 0.3) is 0 Å². The maximum atomic E-state index is 13.5. The van der Waals surface area contributed by atoms with Gasteiger partial charge in [-0.15, -0.1) is 0 Å². The van der Waals surface area contributed by atoms with Gasteiger partial charge in [0.1, 0.15) is 6.61 Å². The highest BCUT2D eigenvalue weighted by Gasteiger charge is 2.19. The average Bonchev–Trinajstić information content (AvgIpc) is 2.25. The zero-order valence-electron chi connectivity index (χ0n) is 10.3. The van der Waals surface area contributed by atoms with E-state index < -0.39 is 31.3 Å². The molecule has 19 heavy (non-hydrogen) atoms. The Kier molecular flexibility index (Phi) is 5.51. The molecule has 0 fully saturated rings. The zero-order valence-corrected chi connectivity index (χ0v) is 11.9. The third-order valence-corrected chi connectivity index (χ3v) is 3.37. The minimum atomic E-state index is -4.19. The minimum Gasteiger partial charge on any atom is -0.485 e. The van der Waals surface area contributed by atoms with Gasteiger partial charge in [-0.25, -0.2) is 17.2 Å². The normalized spacial score (nSPS) is 11.9. The molecule has 0 spiro atoms. The topological polar surface area (TPSA) is 52.6 Å². The largest absolute Gasteiger partial charge is 0.485 e. The molecule has 0 aliphatic carbocycles. The average molecular weight is 315 g/mol. The molecule has 0 aliphatic heterocycles. The van der Waals surface area contributed by atoms with E-state index in [9.17, 15) is 17.2 Å². The van der Waals surface area contributed by atoms with Crippen molar-refractivity contribution in [2.45, 2.75) is 24.8 Å². The van der Waals surface area contributed by atoms with E-state index >= 15 is 0 Å². The monoisotopic (exact) mass is 314 g/mol. The molecule has 8 heteroatoms. The van der Waals surface area contributed by atoms with Crippen LogP contribution in [0.3, 0.4) is 0 Å². The van der Waals surface area contributed by atoms with Gasteiger partial charge in [-0.3, -0.25) is 0 Å². The molecular formula is C11H13ClF2O4S. The summed E-state index contributed by atoms with van der Waals surface area (Å²) in [6, 6.07) is 1.20. The van der Waals surface area contributed by atoms with Gasteiger partial charge < -0.3 is 9.47 Å². The van der Waals surface area contributed by atoms with E-state index in [4.69, 9.17) is 20.2 Å². The smallest absolute Gasteiger partial charge is 0.261 e. The van der Waals surface area contributed by atoms with E-state index in [-0.39, 0.29) is 19.3 Å². The van der Waals surface area contributed by atoms with Crippen LogP contribution in [-0.4, -0.2) is 27.7 Å². The molecule has 0 saturated carbocycles. The summed E-state index contributed by atoms with van der Waals surface area (Å²) in [5.41, 5.74) is 0. The van der Waals surface area contributed by atoms with Crippen LogP contribution in [0.1, 0.15) is 13.8 Å². The van der Waals surface area contributed by atoms with E-state index in [0.717, 1.165) is 0 Å². The predicted octanol–water partition coefficient (Wildman–Crippen LogP) is 2.70. The Labute approximate surface area is 114 Å². The summed E-state index contributed by atoms with van der Waals surface area (Å²) in [7, 11) is 0.806. The van der Waals surface area contributed by atoms with Crippen molar-refractivity contribution < 1.29 is 26.7 Å². The Morgan fingerprint density at radius 1 is 1.21 bits per heavy atom. The van der Waals surface area contributed by atoms with Crippen molar-refractivity contribution in [2.24, 2.45) is 0 Å². The molecule has 0 aliphatic rings. The molecule has 0 heterocycles. The summed E-state index contributed by atoms with van der Waals surface area (Å²) in [5, 5.41) is 0. The predicted molar refractivity (Wildman–Crippen MR) is 66.0 cm³/mol. The van der Waals surface area contributed by atoms with Crippen molar-refractivity contribution in [2.75, 3.05) is 13.2 Å². The van der Waals surface area contributed by atoms with Gasteiger partial charge in [0, 0.05) is 10.7 Å². The Morgan fingerprint density at radius 2 is 1.74 bits per heavy atom. The second-order valence-electron chi connectivity index (χ2n) is 3.92. The third kappa shape index (κ3) is 4.93. The first-order valence-electron chi connectivity index (χ1n) is 5.40. The zero-order chi connectivity index (χ0) is 14.6. The molecule has 0 amide bonds. The first-order chi connectivity index (χ1) is 8.71. The molecule has 1 aromatic carbocycles. The molecule has 1 rings (SSSR count). The number of halogens is 3. The highest BCUT2D eigenvalue weighted by molar-refractivity contribution is 8.13. The standard InChI is InChI=1S/C11H13ClF2O4S/c1-7(2)17-3-4-18-11-9(13)5-8(6-10(11)14)19(12,15)16/h5-7H,3-4H2,1-2H3. The Morgan fingerprint density at radius 3 is 2.16 bits per heavy atom. The molecule has 108 valence electrons. The maximum absolute atomic E-state index is 13.5. The van der Waals surface area contributed by atoms with Crippen molar-refractivity contribution in [3.05, 3.63) is 23.8 Å². The molecule has 4 nitrogen and oxygen atoms in total. The van der Waals surface area contributed by atoms with Gasteiger partial charge in [0.2, 0.25) is 0 Å². The summed E-state index contributed by atoms with van der Waals surface area (Å²) < 4.78 is 58.9. The maximum Gasteiger partial charge on any atom is 0.261 e. The number of ether oxygens (including phenoxy) is 2. The molecule has 0 bridgehead atoms. The van der Waals surface area contributed by atoms with Gasteiger partial charge in [-0.2, -0.15) is 0 Å². The lowest BCUT2D eigenvalue weighted by atomic mass is 10.3. The summed E-state index contributed by atoms with van der Waals surface area (Å²) >= 11 is 0. The highest BCUT2D eigenvalue weighted by Crippen LogP contribution is 2.27. The minimum absolute atomic E-state index is 0.0259.